The van der Waals surface area contributed by atoms with Gasteiger partial charge in [-0.3, -0.25) is 4.90 Å². The van der Waals surface area contributed by atoms with Gasteiger partial charge >= 0.3 is 0 Å². The van der Waals surface area contributed by atoms with E-state index in [1.807, 2.05) is 6.08 Å². The second-order valence-electron chi connectivity index (χ2n) is 6.14. The van der Waals surface area contributed by atoms with Gasteiger partial charge in [0.25, 0.3) is 0 Å². The van der Waals surface area contributed by atoms with Gasteiger partial charge in [0.1, 0.15) is 0 Å². The molecular weight excluding hydrogens is 268 g/mol. The molecule has 0 aliphatic carbocycles. The monoisotopic (exact) mass is 292 g/mol. The van der Waals surface area contributed by atoms with Crippen molar-refractivity contribution < 1.29 is 0 Å². The molecule has 1 heterocycles. The molecule has 0 spiro atoms. The van der Waals surface area contributed by atoms with Crippen LogP contribution >= 0.6 is 11.6 Å². The summed E-state index contributed by atoms with van der Waals surface area (Å²) in [6, 6.07) is 10.7. The van der Waals surface area contributed by atoms with Gasteiger partial charge in [0, 0.05) is 30.7 Å². The number of halogens is 1. The molecule has 0 saturated carbocycles. The molecule has 3 heteroatoms. The zero-order valence-corrected chi connectivity index (χ0v) is 13.5. The highest BCUT2D eigenvalue weighted by atomic mass is 35.5. The second-order valence-corrected chi connectivity index (χ2v) is 6.40. The van der Waals surface area contributed by atoms with Gasteiger partial charge < -0.3 is 5.32 Å². The van der Waals surface area contributed by atoms with E-state index in [1.165, 1.54) is 5.56 Å². The van der Waals surface area contributed by atoms with Crippen molar-refractivity contribution in [2.24, 2.45) is 0 Å². The van der Waals surface area contributed by atoms with Crippen LogP contribution in [0.1, 0.15) is 32.8 Å². The lowest BCUT2D eigenvalue weighted by atomic mass is 9.83. The van der Waals surface area contributed by atoms with Crippen LogP contribution in [0.2, 0.25) is 0 Å². The van der Waals surface area contributed by atoms with Gasteiger partial charge in [-0.25, -0.2) is 0 Å². The third kappa shape index (κ3) is 3.08. The quantitative estimate of drug-likeness (QED) is 0.910. The second kappa shape index (κ2) is 6.30. The van der Waals surface area contributed by atoms with E-state index in [2.05, 4.69) is 61.3 Å². The maximum atomic E-state index is 5.72. The molecule has 1 aromatic carbocycles. The van der Waals surface area contributed by atoms with Crippen molar-refractivity contribution >= 4 is 11.6 Å². The predicted octanol–water partition coefficient (Wildman–Crippen LogP) is 3.73. The Morgan fingerprint density at radius 1 is 1.30 bits per heavy atom. The summed E-state index contributed by atoms with van der Waals surface area (Å²) in [4.78, 5) is 2.54. The zero-order valence-electron chi connectivity index (χ0n) is 12.7. The Kier molecular flexibility index (Phi) is 4.90. The molecule has 1 fully saturated rings. The van der Waals surface area contributed by atoms with Gasteiger partial charge in [-0.15, -0.1) is 0 Å². The smallest absolute Gasteiger partial charge is 0.0535 e. The van der Waals surface area contributed by atoms with Crippen molar-refractivity contribution in [3.63, 3.8) is 0 Å². The normalized spacial score (nSPS) is 31.8. The van der Waals surface area contributed by atoms with Crippen molar-refractivity contribution in [1.29, 1.82) is 0 Å². The van der Waals surface area contributed by atoms with E-state index in [0.29, 0.717) is 0 Å². The number of benzene rings is 1. The zero-order chi connectivity index (χ0) is 14.6. The lowest BCUT2D eigenvalue weighted by molar-refractivity contribution is 0.0267. The fourth-order valence-corrected chi connectivity index (χ4v) is 3.01. The van der Waals surface area contributed by atoms with Crippen LogP contribution in [0.3, 0.4) is 0 Å². The van der Waals surface area contributed by atoms with Crippen molar-refractivity contribution in [2.75, 3.05) is 19.6 Å². The van der Waals surface area contributed by atoms with Gasteiger partial charge in [0.15, 0.2) is 0 Å². The van der Waals surface area contributed by atoms with Gasteiger partial charge in [-0.05, 0) is 25.8 Å². The first kappa shape index (κ1) is 15.6. The van der Waals surface area contributed by atoms with Crippen molar-refractivity contribution in [3.05, 3.63) is 47.5 Å². The maximum Gasteiger partial charge on any atom is 0.0535 e. The molecule has 2 nitrogen and oxygen atoms in total. The number of rotatable bonds is 4. The molecule has 2 rings (SSSR count). The molecule has 0 bridgehead atoms. The topological polar surface area (TPSA) is 15.3 Å². The van der Waals surface area contributed by atoms with E-state index < -0.39 is 0 Å². The van der Waals surface area contributed by atoms with Crippen LogP contribution in [0, 0.1) is 0 Å². The minimum absolute atomic E-state index is 0.00388. The molecule has 0 amide bonds. The molecule has 0 aromatic heterocycles. The lowest BCUT2D eigenvalue weighted by Crippen LogP contribution is -2.66. The largest absolute Gasteiger partial charge is 0.305 e. The summed E-state index contributed by atoms with van der Waals surface area (Å²) in [5.41, 5.74) is 3.15. The Balaban J connectivity index is 2.24. The lowest BCUT2D eigenvalue weighted by Gasteiger charge is -2.52. The Morgan fingerprint density at radius 2 is 2.00 bits per heavy atom. The molecule has 2 atom stereocenters. The summed E-state index contributed by atoms with van der Waals surface area (Å²) in [5.74, 6) is 0. The summed E-state index contributed by atoms with van der Waals surface area (Å²) in [7, 11) is 0. The standard InChI is InChI=1S/C17H25ClN2/c1-4-16(2)13-19-17(3,14-20(16)12-8-11-18)15-9-6-5-7-10-15/h5-11,19H,4,12-14H2,1-3H3/b11-8+. The first-order valence-corrected chi connectivity index (χ1v) is 7.78. The van der Waals surface area contributed by atoms with E-state index in [4.69, 9.17) is 11.6 Å². The minimum Gasteiger partial charge on any atom is -0.305 e. The van der Waals surface area contributed by atoms with Crippen LogP contribution < -0.4 is 5.32 Å². The predicted molar refractivity (Wildman–Crippen MR) is 87.1 cm³/mol. The average molecular weight is 293 g/mol. The highest BCUT2D eigenvalue weighted by Crippen LogP contribution is 2.32. The molecule has 2 unspecified atom stereocenters. The number of piperazine rings is 1. The fourth-order valence-electron chi connectivity index (χ4n) is 2.93. The van der Waals surface area contributed by atoms with Crippen LogP contribution in [0.25, 0.3) is 0 Å². The Hall–Kier alpha value is -0.830. The van der Waals surface area contributed by atoms with Crippen LogP contribution in [0.5, 0.6) is 0 Å². The summed E-state index contributed by atoms with van der Waals surface area (Å²) in [6.07, 6.45) is 3.16. The molecule has 0 radical (unpaired) electrons. The summed E-state index contributed by atoms with van der Waals surface area (Å²) in [5, 5.41) is 3.76. The molecule has 20 heavy (non-hydrogen) atoms. The Morgan fingerprint density at radius 3 is 2.60 bits per heavy atom. The van der Waals surface area contributed by atoms with Crippen molar-refractivity contribution in [3.8, 4) is 0 Å². The number of hydrogen-bond donors (Lipinski definition) is 1. The van der Waals surface area contributed by atoms with Crippen LogP contribution in [0.15, 0.2) is 41.9 Å². The SMILES string of the molecule is CCC1(C)CNC(C)(c2ccccc2)CN1C/C=C/Cl. The minimum atomic E-state index is -0.00388. The van der Waals surface area contributed by atoms with E-state index in [9.17, 15) is 0 Å². The molecule has 1 aliphatic rings. The molecule has 110 valence electrons. The Bertz CT molecular complexity index is 459. The third-order valence-electron chi connectivity index (χ3n) is 4.72. The number of nitrogens with zero attached hydrogens (tertiary/aromatic N) is 1. The highest BCUT2D eigenvalue weighted by Gasteiger charge is 2.41. The summed E-state index contributed by atoms with van der Waals surface area (Å²) >= 11 is 5.72. The maximum absolute atomic E-state index is 5.72. The molecular formula is C17H25ClN2. The van der Waals surface area contributed by atoms with Gasteiger partial charge in [-0.1, -0.05) is 54.9 Å². The van der Waals surface area contributed by atoms with E-state index in [-0.39, 0.29) is 11.1 Å². The number of hydrogen-bond acceptors (Lipinski definition) is 2. The van der Waals surface area contributed by atoms with Crippen molar-refractivity contribution in [1.82, 2.24) is 10.2 Å². The number of nitrogens with one attached hydrogen (secondary N) is 1. The van der Waals surface area contributed by atoms with Crippen molar-refractivity contribution in [2.45, 2.75) is 38.3 Å². The van der Waals surface area contributed by atoms with Gasteiger partial charge in [0.2, 0.25) is 0 Å². The summed E-state index contributed by atoms with van der Waals surface area (Å²) < 4.78 is 0. The van der Waals surface area contributed by atoms with Gasteiger partial charge in [-0.2, -0.15) is 0 Å². The molecule has 1 N–H and O–H groups in total. The fraction of sp³-hybridized carbons (Fsp3) is 0.529. The third-order valence-corrected chi connectivity index (χ3v) is 4.90. The van der Waals surface area contributed by atoms with Crippen LogP contribution in [-0.2, 0) is 5.54 Å². The summed E-state index contributed by atoms with van der Waals surface area (Å²) in [6.45, 7) is 9.75. The first-order chi connectivity index (χ1) is 9.54. The molecule has 1 saturated heterocycles. The van der Waals surface area contributed by atoms with E-state index in [0.717, 1.165) is 26.1 Å². The van der Waals surface area contributed by atoms with Gasteiger partial charge in [0.05, 0.1) is 5.54 Å². The van der Waals surface area contributed by atoms with E-state index >= 15 is 0 Å². The average Bonchev–Trinajstić information content (AvgIpc) is 2.49. The highest BCUT2D eigenvalue weighted by molar-refractivity contribution is 6.25. The first-order valence-electron chi connectivity index (χ1n) is 7.35. The molecule has 1 aromatic rings. The van der Waals surface area contributed by atoms with Crippen LogP contribution in [-0.4, -0.2) is 30.1 Å². The molecule has 1 aliphatic heterocycles. The van der Waals surface area contributed by atoms with Crippen LogP contribution in [0.4, 0.5) is 0 Å². The van der Waals surface area contributed by atoms with E-state index in [1.54, 1.807) is 5.54 Å². The Labute approximate surface area is 127 Å².